The standard InChI is InChI=1S/C7H8N2OS2.K.H/c1-9(7(11)12)6(8-9)5-3-2-4-10-5;;/h2-4,6,8H,1H3;;/q;+1;-1. The predicted octanol–water partition coefficient (Wildman–Crippen LogP) is -1.81. The van der Waals surface area contributed by atoms with Gasteiger partial charge in [-0.1, -0.05) is 5.43 Å². The normalized spacial score (nSPS) is 30.7. The Balaban J connectivity index is 0.000000845. The summed E-state index contributed by atoms with van der Waals surface area (Å²) in [6.07, 6.45) is 1.76. The molecule has 0 aromatic carbocycles. The van der Waals surface area contributed by atoms with Gasteiger partial charge in [0.2, 0.25) is 0 Å². The molecule has 0 spiro atoms. The van der Waals surface area contributed by atoms with Crippen LogP contribution in [-0.2, 0) is 12.6 Å². The molecule has 1 N–H and O–H groups in total. The van der Waals surface area contributed by atoms with Gasteiger partial charge in [0.1, 0.15) is 0 Å². The van der Waals surface area contributed by atoms with Crippen LogP contribution in [0.2, 0.25) is 0 Å². The van der Waals surface area contributed by atoms with E-state index in [4.69, 9.17) is 29.3 Å². The van der Waals surface area contributed by atoms with E-state index in [0.29, 0.717) is 8.91 Å². The van der Waals surface area contributed by atoms with Crippen molar-refractivity contribution >= 4 is 29.2 Å². The third-order valence-corrected chi connectivity index (χ3v) is 2.79. The van der Waals surface area contributed by atoms with Crippen molar-refractivity contribution in [3.63, 3.8) is 0 Å². The molecule has 0 aliphatic carbocycles. The molecule has 1 aliphatic heterocycles. The van der Waals surface area contributed by atoms with Gasteiger partial charge in [-0.2, -0.15) is 0 Å². The Morgan fingerprint density at radius 1 is 1.85 bits per heavy atom. The first-order valence-electron chi connectivity index (χ1n) is 3.53. The summed E-state index contributed by atoms with van der Waals surface area (Å²) < 4.78 is 6.16. The first kappa shape index (κ1) is 12.2. The maximum Gasteiger partial charge on any atom is 1.00 e. The number of rotatable bonds is 1. The average Bonchev–Trinajstić information content (AvgIpc) is 2.49. The van der Waals surface area contributed by atoms with E-state index in [1.54, 1.807) is 6.26 Å². The van der Waals surface area contributed by atoms with Crippen molar-refractivity contribution in [1.82, 2.24) is 5.43 Å². The van der Waals surface area contributed by atoms with Crippen LogP contribution in [0.3, 0.4) is 0 Å². The van der Waals surface area contributed by atoms with Gasteiger partial charge >= 0.3 is 51.4 Å². The van der Waals surface area contributed by atoms with Crippen LogP contribution in [-0.4, -0.2) is 16.0 Å². The minimum Gasteiger partial charge on any atom is -1.00 e. The van der Waals surface area contributed by atoms with E-state index in [1.165, 1.54) is 0 Å². The van der Waals surface area contributed by atoms with Gasteiger partial charge in [-0.15, -0.1) is 0 Å². The minimum atomic E-state index is 0. The zero-order valence-corrected chi connectivity index (χ0v) is 12.2. The molecule has 1 aromatic heterocycles. The van der Waals surface area contributed by atoms with Gasteiger partial charge in [-0.3, -0.25) is 0 Å². The molecule has 0 bridgehead atoms. The molecule has 1 saturated heterocycles. The largest absolute Gasteiger partial charge is 1.00 e. The molecule has 1 aliphatic rings. The van der Waals surface area contributed by atoms with Gasteiger partial charge in [0.05, 0.1) is 17.6 Å². The predicted molar refractivity (Wildman–Crippen MR) is 51.8 cm³/mol. The quantitative estimate of drug-likeness (QED) is 0.206. The number of thiocarbonyl (C=S) groups is 1. The molecule has 0 amide bonds. The number of quaternary nitrogens is 1. The van der Waals surface area contributed by atoms with Crippen LogP contribution in [0.25, 0.3) is 0 Å². The van der Waals surface area contributed by atoms with Crippen LogP contribution in [0, 0.1) is 0 Å². The zero-order chi connectivity index (χ0) is 8.77. The van der Waals surface area contributed by atoms with Crippen LogP contribution in [0.15, 0.2) is 22.8 Å². The van der Waals surface area contributed by atoms with Crippen molar-refractivity contribution in [2.24, 2.45) is 0 Å². The first-order chi connectivity index (χ1) is 5.64. The second kappa shape index (κ2) is 4.34. The Labute approximate surface area is 132 Å². The number of nitrogens with one attached hydrogen (secondary N) is 1. The molecular formula is C7H9KN2OS2. The van der Waals surface area contributed by atoms with Gasteiger partial charge in [-0.05, 0) is 12.1 Å². The van der Waals surface area contributed by atoms with Crippen molar-refractivity contribution in [3.8, 4) is 0 Å². The molecule has 0 radical (unpaired) electrons. The van der Waals surface area contributed by atoms with Crippen LogP contribution < -0.4 is 56.8 Å². The van der Waals surface area contributed by atoms with Crippen molar-refractivity contribution in [1.29, 1.82) is 0 Å². The first-order valence-corrected chi connectivity index (χ1v) is 4.35. The smallest absolute Gasteiger partial charge is 1.00 e. The molecule has 1 fully saturated rings. The SMILES string of the molecule is C[N+]1(C(=S)[S-])NC1c1ccco1.[H-].[K+]. The Morgan fingerprint density at radius 3 is 2.92 bits per heavy atom. The molecule has 1 aromatic rings. The van der Waals surface area contributed by atoms with Gasteiger partial charge in [0, 0.05) is 0 Å². The number of hydrogen-bond acceptors (Lipinski definition) is 4. The molecule has 2 unspecified atom stereocenters. The van der Waals surface area contributed by atoms with Crippen molar-refractivity contribution in [2.45, 2.75) is 6.17 Å². The summed E-state index contributed by atoms with van der Waals surface area (Å²) in [7, 11) is 1.93. The summed E-state index contributed by atoms with van der Waals surface area (Å²) in [6, 6.07) is 3.76. The summed E-state index contributed by atoms with van der Waals surface area (Å²) in [5.41, 5.74) is 3.15. The maximum atomic E-state index is 5.22. The summed E-state index contributed by atoms with van der Waals surface area (Å²) >= 11 is 9.86. The number of furan rings is 1. The second-order valence-electron chi connectivity index (χ2n) is 2.89. The van der Waals surface area contributed by atoms with Crippen molar-refractivity contribution in [3.05, 3.63) is 24.2 Å². The fourth-order valence-electron chi connectivity index (χ4n) is 1.14. The molecule has 2 rings (SSSR count). The third-order valence-electron chi connectivity index (χ3n) is 2.03. The van der Waals surface area contributed by atoms with Crippen LogP contribution in [0.4, 0.5) is 0 Å². The van der Waals surface area contributed by atoms with E-state index < -0.39 is 0 Å². The topological polar surface area (TPSA) is 35.1 Å². The summed E-state index contributed by atoms with van der Waals surface area (Å²) in [5.74, 6) is 0.879. The molecule has 6 heteroatoms. The molecular weight excluding hydrogens is 231 g/mol. The van der Waals surface area contributed by atoms with Crippen molar-refractivity contribution in [2.75, 3.05) is 7.05 Å². The fourth-order valence-corrected chi connectivity index (χ4v) is 1.46. The minimum absolute atomic E-state index is 0. The summed E-state index contributed by atoms with van der Waals surface area (Å²) in [5, 5.41) is 0. The van der Waals surface area contributed by atoms with Crippen LogP contribution in [0.1, 0.15) is 13.4 Å². The van der Waals surface area contributed by atoms with E-state index in [2.05, 4.69) is 5.43 Å². The maximum absolute atomic E-state index is 5.22. The van der Waals surface area contributed by atoms with E-state index in [0.717, 1.165) is 5.76 Å². The van der Waals surface area contributed by atoms with E-state index in [9.17, 15) is 0 Å². The van der Waals surface area contributed by atoms with E-state index >= 15 is 0 Å². The Kier molecular flexibility index (Phi) is 4.08. The van der Waals surface area contributed by atoms with Gasteiger partial charge < -0.3 is 30.7 Å². The Bertz CT molecular complexity index is 321. The molecule has 13 heavy (non-hydrogen) atoms. The third kappa shape index (κ3) is 2.22. The van der Waals surface area contributed by atoms with Gasteiger partial charge in [0.25, 0.3) is 6.17 Å². The Morgan fingerprint density at radius 2 is 2.54 bits per heavy atom. The fraction of sp³-hybridized carbons (Fsp3) is 0.286. The van der Waals surface area contributed by atoms with E-state index in [-0.39, 0.29) is 59.0 Å². The van der Waals surface area contributed by atoms with Crippen molar-refractivity contribution < 1.29 is 61.8 Å². The summed E-state index contributed by atoms with van der Waals surface area (Å²) in [4.78, 5) is 0. The molecule has 2 atom stereocenters. The molecule has 66 valence electrons. The number of nitrogens with zero attached hydrogens (tertiary/aromatic N) is 1. The Hall–Kier alpha value is 1.15. The number of hydrogen-bond donors (Lipinski definition) is 1. The van der Waals surface area contributed by atoms with Crippen LogP contribution >= 0.6 is 12.2 Å². The average molecular weight is 240 g/mol. The van der Waals surface area contributed by atoms with E-state index in [1.807, 2.05) is 19.2 Å². The second-order valence-corrected chi connectivity index (χ2v) is 3.92. The van der Waals surface area contributed by atoms with Gasteiger partial charge in [-0.25, -0.2) is 4.59 Å². The zero-order valence-electron chi connectivity index (χ0n) is 8.48. The summed E-state index contributed by atoms with van der Waals surface area (Å²) in [6.45, 7) is 0. The van der Waals surface area contributed by atoms with Gasteiger partial charge in [0.15, 0.2) is 5.76 Å². The molecule has 2 heterocycles. The van der Waals surface area contributed by atoms with Crippen LogP contribution in [0.5, 0.6) is 0 Å². The monoisotopic (exact) mass is 240 g/mol. The molecule has 3 nitrogen and oxygen atoms in total. The molecule has 0 saturated carbocycles.